The molecule has 0 aliphatic heterocycles. The quantitative estimate of drug-likeness (QED) is 0.109. The van der Waals surface area contributed by atoms with E-state index in [2.05, 4.69) is 58.5 Å². The van der Waals surface area contributed by atoms with Crippen molar-refractivity contribution in [1.82, 2.24) is 15.0 Å². The van der Waals surface area contributed by atoms with E-state index >= 15 is 0 Å². The minimum absolute atomic E-state index is 0.688. The van der Waals surface area contributed by atoms with Crippen molar-refractivity contribution in [2.24, 2.45) is 0 Å². The summed E-state index contributed by atoms with van der Waals surface area (Å²) < 4.78 is 12.3. The van der Waals surface area contributed by atoms with E-state index in [0.717, 1.165) is 88.8 Å². The topological polar surface area (TPSA) is 57.1 Å². The Bertz CT molecular complexity index is 1780. The van der Waals surface area contributed by atoms with Crippen LogP contribution in [0.5, 0.6) is 11.5 Å². The number of benzene rings is 3. The van der Waals surface area contributed by atoms with Crippen LogP contribution in [0.4, 0.5) is 0 Å². The van der Waals surface area contributed by atoms with Crippen LogP contribution in [0.15, 0.2) is 140 Å². The van der Waals surface area contributed by atoms with Crippen LogP contribution in [0.25, 0.3) is 45.0 Å². The second kappa shape index (κ2) is 16.1. The van der Waals surface area contributed by atoms with Crippen LogP contribution >= 0.6 is 0 Å². The highest BCUT2D eigenvalue weighted by Gasteiger charge is 2.11. The molecule has 0 atom stereocenters. The van der Waals surface area contributed by atoms with Gasteiger partial charge in [0, 0.05) is 34.6 Å². The van der Waals surface area contributed by atoms with Gasteiger partial charge in [-0.25, -0.2) is 4.98 Å². The molecule has 3 aromatic heterocycles. The second-order valence-corrected chi connectivity index (χ2v) is 11.3. The molecule has 46 heavy (non-hydrogen) atoms. The van der Waals surface area contributed by atoms with E-state index in [1.807, 2.05) is 91.3 Å². The summed E-state index contributed by atoms with van der Waals surface area (Å²) in [5.74, 6) is 1.76. The third-order valence-electron chi connectivity index (χ3n) is 7.91. The van der Waals surface area contributed by atoms with Gasteiger partial charge in [-0.3, -0.25) is 9.97 Å². The molecule has 0 radical (unpaired) electrons. The first kappa shape index (κ1) is 30.7. The summed E-state index contributed by atoms with van der Waals surface area (Å²) in [7, 11) is 0. The summed E-state index contributed by atoms with van der Waals surface area (Å²) >= 11 is 0. The van der Waals surface area contributed by atoms with Crippen molar-refractivity contribution in [2.45, 2.75) is 38.5 Å². The van der Waals surface area contributed by atoms with Crippen LogP contribution < -0.4 is 9.47 Å². The molecule has 0 aliphatic rings. The molecule has 0 saturated heterocycles. The Hall–Kier alpha value is -5.29. The van der Waals surface area contributed by atoms with E-state index in [1.54, 1.807) is 0 Å². The first-order valence-corrected chi connectivity index (χ1v) is 16.2. The highest BCUT2D eigenvalue weighted by Crippen LogP contribution is 2.33. The number of hydrogen-bond acceptors (Lipinski definition) is 5. The number of aromatic nitrogens is 3. The number of unbranched alkanes of at least 4 members (excludes halogenated alkanes) is 5. The molecular formula is C41H39N3O2. The highest BCUT2D eigenvalue weighted by atomic mass is 16.5. The molecule has 5 heteroatoms. The van der Waals surface area contributed by atoms with Gasteiger partial charge in [-0.2, -0.15) is 0 Å². The Morgan fingerprint density at radius 1 is 0.413 bits per heavy atom. The van der Waals surface area contributed by atoms with Gasteiger partial charge in [0.25, 0.3) is 0 Å². The van der Waals surface area contributed by atoms with Crippen LogP contribution in [0, 0.1) is 0 Å². The van der Waals surface area contributed by atoms with Gasteiger partial charge in [0.2, 0.25) is 0 Å². The standard InChI is InChI=1S/C41H39N3O2/c1(3-12-29-45-35-24-21-33(22-25-35)39-20-14-19-38(44-39)32-15-6-5-7-16-32)2-4-13-30-46-41-26-23-34(37-17-8-10-27-42-37)31-36(41)40-18-9-11-28-43-40/h5-11,14-28,31H,1-4,12-13,29-30H2. The van der Waals surface area contributed by atoms with Crippen LogP contribution in [-0.4, -0.2) is 28.2 Å². The summed E-state index contributed by atoms with van der Waals surface area (Å²) in [5.41, 5.74) is 8.04. The van der Waals surface area contributed by atoms with Gasteiger partial charge in [-0.1, -0.05) is 74.2 Å². The normalized spacial score (nSPS) is 10.9. The van der Waals surface area contributed by atoms with E-state index in [4.69, 9.17) is 14.5 Å². The van der Waals surface area contributed by atoms with E-state index in [9.17, 15) is 0 Å². The molecule has 3 aromatic carbocycles. The molecule has 0 bridgehead atoms. The summed E-state index contributed by atoms with van der Waals surface area (Å²) in [6.45, 7) is 1.42. The van der Waals surface area contributed by atoms with Crippen LogP contribution in [0.1, 0.15) is 38.5 Å². The maximum atomic E-state index is 6.25. The summed E-state index contributed by atoms with van der Waals surface area (Å²) in [6.07, 6.45) is 10.4. The number of nitrogens with zero attached hydrogens (tertiary/aromatic N) is 3. The monoisotopic (exact) mass is 605 g/mol. The van der Waals surface area contributed by atoms with Crippen LogP contribution in [-0.2, 0) is 0 Å². The van der Waals surface area contributed by atoms with Gasteiger partial charge in [0.15, 0.2) is 0 Å². The molecule has 0 amide bonds. The lowest BCUT2D eigenvalue weighted by Gasteiger charge is -2.13. The van der Waals surface area contributed by atoms with Crippen molar-refractivity contribution in [3.05, 3.63) is 140 Å². The number of hydrogen-bond donors (Lipinski definition) is 0. The summed E-state index contributed by atoms with van der Waals surface area (Å²) in [4.78, 5) is 13.9. The Balaban J connectivity index is 0.891. The minimum atomic E-state index is 0.688. The van der Waals surface area contributed by atoms with Crippen molar-refractivity contribution in [1.29, 1.82) is 0 Å². The predicted octanol–water partition coefficient (Wildman–Crippen LogP) is 10.3. The maximum Gasteiger partial charge on any atom is 0.128 e. The minimum Gasteiger partial charge on any atom is -0.494 e. The smallest absolute Gasteiger partial charge is 0.128 e. The van der Waals surface area contributed by atoms with Crippen LogP contribution in [0.3, 0.4) is 0 Å². The molecule has 3 heterocycles. The number of rotatable bonds is 15. The average molecular weight is 606 g/mol. The molecule has 6 aromatic rings. The Labute approximate surface area is 272 Å². The van der Waals surface area contributed by atoms with E-state index in [0.29, 0.717) is 6.61 Å². The third-order valence-corrected chi connectivity index (χ3v) is 7.91. The zero-order chi connectivity index (χ0) is 31.2. The van der Waals surface area contributed by atoms with Gasteiger partial charge in [0.05, 0.1) is 36.0 Å². The van der Waals surface area contributed by atoms with E-state index < -0.39 is 0 Å². The lowest BCUT2D eigenvalue weighted by Crippen LogP contribution is -2.00. The van der Waals surface area contributed by atoms with E-state index in [-0.39, 0.29) is 0 Å². The van der Waals surface area contributed by atoms with Gasteiger partial charge in [-0.05, 0) is 91.7 Å². The molecule has 230 valence electrons. The highest BCUT2D eigenvalue weighted by molar-refractivity contribution is 5.74. The zero-order valence-corrected chi connectivity index (χ0v) is 26.1. The molecule has 6 rings (SSSR count). The first-order chi connectivity index (χ1) is 22.8. The molecule has 0 N–H and O–H groups in total. The SMILES string of the molecule is c1ccc(-c2cccc(-c3ccc(OCCCCCCCCOc4ccc(-c5ccccn5)cc4-c4ccccn4)cc3)n2)cc1. The van der Waals surface area contributed by atoms with E-state index in [1.165, 1.54) is 12.8 Å². The molecule has 0 fully saturated rings. The lowest BCUT2D eigenvalue weighted by atomic mass is 10.0. The number of ether oxygens (including phenoxy) is 2. The fraction of sp³-hybridized carbons (Fsp3) is 0.195. The lowest BCUT2D eigenvalue weighted by molar-refractivity contribution is 0.297. The maximum absolute atomic E-state index is 6.25. The first-order valence-electron chi connectivity index (χ1n) is 16.2. The van der Waals surface area contributed by atoms with Crippen molar-refractivity contribution in [2.75, 3.05) is 13.2 Å². The van der Waals surface area contributed by atoms with Crippen molar-refractivity contribution in [3.63, 3.8) is 0 Å². The third kappa shape index (κ3) is 8.45. The molecule has 5 nitrogen and oxygen atoms in total. The summed E-state index contributed by atoms with van der Waals surface area (Å²) in [6, 6.07) is 42.8. The van der Waals surface area contributed by atoms with Gasteiger partial charge < -0.3 is 9.47 Å². The average Bonchev–Trinajstić information content (AvgIpc) is 3.14. The zero-order valence-electron chi connectivity index (χ0n) is 26.1. The van der Waals surface area contributed by atoms with Gasteiger partial charge >= 0.3 is 0 Å². The van der Waals surface area contributed by atoms with Crippen molar-refractivity contribution < 1.29 is 9.47 Å². The predicted molar refractivity (Wildman–Crippen MR) is 187 cm³/mol. The molecule has 0 spiro atoms. The van der Waals surface area contributed by atoms with Gasteiger partial charge in [0.1, 0.15) is 11.5 Å². The van der Waals surface area contributed by atoms with Crippen molar-refractivity contribution in [3.8, 4) is 56.5 Å². The largest absolute Gasteiger partial charge is 0.494 e. The molecule has 0 aliphatic carbocycles. The van der Waals surface area contributed by atoms with Crippen molar-refractivity contribution >= 4 is 0 Å². The summed E-state index contributed by atoms with van der Waals surface area (Å²) in [5, 5.41) is 0. The molecule has 0 unspecified atom stereocenters. The van der Waals surface area contributed by atoms with Gasteiger partial charge in [-0.15, -0.1) is 0 Å². The molecule has 0 saturated carbocycles. The fourth-order valence-corrected chi connectivity index (χ4v) is 5.44. The molecular weight excluding hydrogens is 566 g/mol. The van der Waals surface area contributed by atoms with Crippen LogP contribution in [0.2, 0.25) is 0 Å². The fourth-order valence-electron chi connectivity index (χ4n) is 5.44. The Morgan fingerprint density at radius 3 is 1.65 bits per heavy atom. The number of pyridine rings is 3. The Morgan fingerprint density at radius 2 is 0.978 bits per heavy atom. The Kier molecular flexibility index (Phi) is 10.8. The second-order valence-electron chi connectivity index (χ2n) is 11.3.